The van der Waals surface area contributed by atoms with Gasteiger partial charge in [-0.05, 0) is 19.1 Å². The third-order valence-corrected chi connectivity index (χ3v) is 3.46. The Morgan fingerprint density at radius 1 is 1.43 bits per heavy atom. The lowest BCUT2D eigenvalue weighted by atomic mass is 10.1. The normalized spacial score (nSPS) is 20.7. The molecule has 120 valence electrons. The Kier molecular flexibility index (Phi) is 4.80. The van der Waals surface area contributed by atoms with Crippen molar-refractivity contribution in [1.29, 1.82) is 0 Å². The summed E-state index contributed by atoms with van der Waals surface area (Å²) in [4.78, 5) is 20.3. The number of aromatic nitrogens is 2. The van der Waals surface area contributed by atoms with Crippen molar-refractivity contribution in [1.82, 2.24) is 15.3 Å². The maximum Gasteiger partial charge on any atom is 0.244 e. The largest absolute Gasteiger partial charge is 0.437 e. The van der Waals surface area contributed by atoms with Crippen LogP contribution in [0.15, 0.2) is 42.9 Å². The predicted octanol–water partition coefficient (Wildman–Crippen LogP) is 1.58. The first-order valence-electron chi connectivity index (χ1n) is 7.42. The highest BCUT2D eigenvalue weighted by molar-refractivity contribution is 5.95. The van der Waals surface area contributed by atoms with Gasteiger partial charge in [-0.15, -0.1) is 0 Å². The second-order valence-electron chi connectivity index (χ2n) is 5.17. The molecule has 0 bridgehead atoms. The van der Waals surface area contributed by atoms with E-state index in [-0.39, 0.29) is 18.1 Å². The molecule has 1 aromatic carbocycles. The fourth-order valence-corrected chi connectivity index (χ4v) is 2.34. The van der Waals surface area contributed by atoms with E-state index in [4.69, 9.17) is 9.47 Å². The number of ether oxygens (including phenoxy) is 2. The van der Waals surface area contributed by atoms with Crippen LogP contribution in [-0.4, -0.2) is 41.2 Å². The molecule has 23 heavy (non-hydrogen) atoms. The highest BCUT2D eigenvalue weighted by atomic mass is 16.5. The smallest absolute Gasteiger partial charge is 0.244 e. The van der Waals surface area contributed by atoms with Crippen molar-refractivity contribution in [3.05, 3.63) is 42.9 Å². The first-order chi connectivity index (χ1) is 11.2. The topological polar surface area (TPSA) is 85.4 Å². The Labute approximate surface area is 134 Å². The van der Waals surface area contributed by atoms with Crippen LogP contribution in [0, 0.1) is 0 Å². The number of rotatable bonds is 4. The molecule has 2 aromatic rings. The average Bonchev–Trinajstić information content (AvgIpc) is 2.56. The second-order valence-corrected chi connectivity index (χ2v) is 5.17. The molecular formula is C16H18N4O3. The van der Waals surface area contributed by atoms with Gasteiger partial charge in [0.15, 0.2) is 0 Å². The van der Waals surface area contributed by atoms with E-state index in [1.54, 1.807) is 36.7 Å². The molecule has 0 aliphatic carbocycles. The second kappa shape index (κ2) is 7.17. The Balaban J connectivity index is 1.66. The van der Waals surface area contributed by atoms with Gasteiger partial charge in [0.2, 0.25) is 11.8 Å². The zero-order chi connectivity index (χ0) is 16.1. The maximum atomic E-state index is 12.3. The minimum absolute atomic E-state index is 0.131. The molecule has 0 unspecified atom stereocenters. The summed E-state index contributed by atoms with van der Waals surface area (Å²) in [6, 6.07) is 6.76. The van der Waals surface area contributed by atoms with Crippen LogP contribution in [0.1, 0.15) is 6.92 Å². The van der Waals surface area contributed by atoms with Crippen molar-refractivity contribution in [3.8, 4) is 11.6 Å². The van der Waals surface area contributed by atoms with Crippen molar-refractivity contribution >= 4 is 11.6 Å². The number of amides is 1. The van der Waals surface area contributed by atoms with Crippen LogP contribution in [-0.2, 0) is 9.53 Å². The summed E-state index contributed by atoms with van der Waals surface area (Å²) >= 11 is 0. The molecule has 1 amide bonds. The fourth-order valence-electron chi connectivity index (χ4n) is 2.34. The lowest BCUT2D eigenvalue weighted by Gasteiger charge is -2.29. The van der Waals surface area contributed by atoms with E-state index in [2.05, 4.69) is 20.6 Å². The van der Waals surface area contributed by atoms with Crippen LogP contribution in [0.3, 0.4) is 0 Å². The molecule has 1 fully saturated rings. The van der Waals surface area contributed by atoms with Crippen molar-refractivity contribution in [2.24, 2.45) is 0 Å². The standard InChI is InChI=1S/C16H18N4O3/c1-11-15(19-7-8-22-11)16(21)20-12-3-2-4-13(9-12)23-14-10-17-5-6-18-14/h2-6,9-11,15,19H,7-8H2,1H3,(H,20,21)/t11-,15+/m1/s1. The minimum Gasteiger partial charge on any atom is -0.437 e. The molecular weight excluding hydrogens is 296 g/mol. The quantitative estimate of drug-likeness (QED) is 0.891. The Bertz CT molecular complexity index is 665. The summed E-state index contributed by atoms with van der Waals surface area (Å²) in [6.45, 7) is 3.16. The Morgan fingerprint density at radius 2 is 2.35 bits per heavy atom. The van der Waals surface area contributed by atoms with Crippen LogP contribution in [0.25, 0.3) is 0 Å². The number of hydrogen-bond donors (Lipinski definition) is 2. The molecule has 2 N–H and O–H groups in total. The van der Waals surface area contributed by atoms with Crippen molar-refractivity contribution < 1.29 is 14.3 Å². The summed E-state index contributed by atoms with van der Waals surface area (Å²) in [5.74, 6) is 0.838. The van der Waals surface area contributed by atoms with Crippen LogP contribution >= 0.6 is 0 Å². The van der Waals surface area contributed by atoms with E-state index < -0.39 is 0 Å². The van der Waals surface area contributed by atoms with Crippen LogP contribution in [0.4, 0.5) is 5.69 Å². The molecule has 1 aliphatic rings. The van der Waals surface area contributed by atoms with Crippen LogP contribution in [0.5, 0.6) is 11.6 Å². The highest BCUT2D eigenvalue weighted by Gasteiger charge is 2.28. The van der Waals surface area contributed by atoms with Gasteiger partial charge in [-0.3, -0.25) is 9.78 Å². The van der Waals surface area contributed by atoms with E-state index in [1.165, 1.54) is 6.20 Å². The van der Waals surface area contributed by atoms with Gasteiger partial charge < -0.3 is 20.1 Å². The van der Waals surface area contributed by atoms with Gasteiger partial charge in [-0.2, -0.15) is 0 Å². The Morgan fingerprint density at radius 3 is 3.13 bits per heavy atom. The predicted molar refractivity (Wildman–Crippen MR) is 84.4 cm³/mol. The molecule has 2 heterocycles. The summed E-state index contributed by atoms with van der Waals surface area (Å²) in [7, 11) is 0. The van der Waals surface area contributed by atoms with E-state index in [0.29, 0.717) is 30.5 Å². The van der Waals surface area contributed by atoms with Gasteiger partial charge in [0, 0.05) is 30.7 Å². The van der Waals surface area contributed by atoms with E-state index in [1.807, 2.05) is 6.92 Å². The number of anilines is 1. The zero-order valence-corrected chi connectivity index (χ0v) is 12.7. The highest BCUT2D eigenvalue weighted by Crippen LogP contribution is 2.22. The first-order valence-corrected chi connectivity index (χ1v) is 7.42. The molecule has 1 saturated heterocycles. The number of nitrogens with one attached hydrogen (secondary N) is 2. The number of carbonyl (C=O) groups is 1. The van der Waals surface area contributed by atoms with Gasteiger partial charge in [-0.1, -0.05) is 6.07 Å². The molecule has 3 rings (SSSR count). The summed E-state index contributed by atoms with van der Waals surface area (Å²) in [6.07, 6.45) is 4.49. The van der Waals surface area contributed by atoms with Crippen molar-refractivity contribution in [3.63, 3.8) is 0 Å². The minimum atomic E-state index is -0.367. The molecule has 0 spiro atoms. The number of morpholine rings is 1. The van der Waals surface area contributed by atoms with Gasteiger partial charge in [0.1, 0.15) is 11.8 Å². The molecule has 7 heteroatoms. The summed E-state index contributed by atoms with van der Waals surface area (Å²) in [5.41, 5.74) is 0.649. The SMILES string of the molecule is C[C@H]1OCCN[C@@H]1C(=O)Nc1cccc(Oc2cnccn2)c1. The third kappa shape index (κ3) is 4.02. The summed E-state index contributed by atoms with van der Waals surface area (Å²) in [5, 5.41) is 6.03. The molecule has 1 aliphatic heterocycles. The van der Waals surface area contributed by atoms with E-state index >= 15 is 0 Å². The third-order valence-electron chi connectivity index (χ3n) is 3.46. The van der Waals surface area contributed by atoms with Gasteiger partial charge >= 0.3 is 0 Å². The average molecular weight is 314 g/mol. The molecule has 7 nitrogen and oxygen atoms in total. The molecule has 0 saturated carbocycles. The van der Waals surface area contributed by atoms with Crippen LogP contribution < -0.4 is 15.4 Å². The number of nitrogens with zero attached hydrogens (tertiary/aromatic N) is 2. The number of carbonyl (C=O) groups excluding carboxylic acids is 1. The van der Waals surface area contributed by atoms with E-state index in [9.17, 15) is 4.79 Å². The van der Waals surface area contributed by atoms with Crippen LogP contribution in [0.2, 0.25) is 0 Å². The van der Waals surface area contributed by atoms with E-state index in [0.717, 1.165) is 0 Å². The van der Waals surface area contributed by atoms with Gasteiger partial charge in [-0.25, -0.2) is 4.98 Å². The molecule has 2 atom stereocenters. The summed E-state index contributed by atoms with van der Waals surface area (Å²) < 4.78 is 11.1. The van der Waals surface area contributed by atoms with Gasteiger partial charge in [0.05, 0.1) is 18.9 Å². The molecule has 0 radical (unpaired) electrons. The lowest BCUT2D eigenvalue weighted by Crippen LogP contribution is -2.53. The number of hydrogen-bond acceptors (Lipinski definition) is 6. The zero-order valence-electron chi connectivity index (χ0n) is 12.7. The number of benzene rings is 1. The van der Waals surface area contributed by atoms with Gasteiger partial charge in [0.25, 0.3) is 0 Å². The van der Waals surface area contributed by atoms with Crippen molar-refractivity contribution in [2.45, 2.75) is 19.1 Å². The fraction of sp³-hybridized carbons (Fsp3) is 0.312. The Hall–Kier alpha value is -2.51. The molecule has 1 aromatic heterocycles. The first kappa shape index (κ1) is 15.4. The van der Waals surface area contributed by atoms with Crippen molar-refractivity contribution in [2.75, 3.05) is 18.5 Å². The lowest BCUT2D eigenvalue weighted by molar-refractivity contribution is -0.123. The maximum absolute atomic E-state index is 12.3. The monoisotopic (exact) mass is 314 g/mol.